The van der Waals surface area contributed by atoms with Gasteiger partial charge in [-0.15, -0.1) is 24.0 Å². The molecular weight excluding hydrogens is 439 g/mol. The quantitative estimate of drug-likeness (QED) is 0.392. The summed E-state index contributed by atoms with van der Waals surface area (Å²) < 4.78 is 2.10. The topological polar surface area (TPSA) is 57.5 Å². The standard InChI is InChI=1S/C19H34N6.HI/c1-5-20-19(21-12-17-7-6-10-24(17)4)22-16-9-8-15-13-25(14(2)3)23-18(15)11-16;/h13-14,16-17H,5-12H2,1-4H3,(H2,20,21,22);1H. The summed E-state index contributed by atoms with van der Waals surface area (Å²) in [5, 5.41) is 11.8. The lowest BCUT2D eigenvalue weighted by Crippen LogP contribution is -2.46. The Morgan fingerprint density at radius 2 is 2.19 bits per heavy atom. The van der Waals surface area contributed by atoms with E-state index in [4.69, 9.17) is 10.1 Å². The average Bonchev–Trinajstić information content (AvgIpc) is 3.18. The number of aryl methyl sites for hydroxylation is 1. The van der Waals surface area contributed by atoms with Crippen LogP contribution in [0.2, 0.25) is 0 Å². The summed E-state index contributed by atoms with van der Waals surface area (Å²) in [5.74, 6) is 0.958. The fourth-order valence-electron chi connectivity index (χ4n) is 3.82. The Labute approximate surface area is 175 Å². The van der Waals surface area contributed by atoms with E-state index in [-0.39, 0.29) is 24.0 Å². The van der Waals surface area contributed by atoms with Crippen LogP contribution in [-0.2, 0) is 12.8 Å². The van der Waals surface area contributed by atoms with Gasteiger partial charge in [0.15, 0.2) is 5.96 Å². The van der Waals surface area contributed by atoms with E-state index in [0.29, 0.717) is 18.1 Å². The lowest BCUT2D eigenvalue weighted by atomic mass is 9.94. The van der Waals surface area contributed by atoms with Crippen molar-refractivity contribution < 1.29 is 0 Å². The zero-order valence-electron chi connectivity index (χ0n) is 16.7. The molecule has 7 heteroatoms. The van der Waals surface area contributed by atoms with Crippen LogP contribution in [-0.4, -0.2) is 59.4 Å². The highest BCUT2D eigenvalue weighted by Crippen LogP contribution is 2.22. The summed E-state index contributed by atoms with van der Waals surface area (Å²) in [5.41, 5.74) is 2.67. The van der Waals surface area contributed by atoms with Crippen molar-refractivity contribution in [2.75, 3.05) is 26.7 Å². The van der Waals surface area contributed by atoms with Crippen LogP contribution in [0, 0.1) is 0 Å². The number of hydrogen-bond donors (Lipinski definition) is 2. The number of guanidine groups is 1. The van der Waals surface area contributed by atoms with Gasteiger partial charge in [-0.3, -0.25) is 9.67 Å². The maximum Gasteiger partial charge on any atom is 0.191 e. The number of aliphatic imine (C=N–C) groups is 1. The Morgan fingerprint density at radius 1 is 1.38 bits per heavy atom. The molecule has 0 bridgehead atoms. The van der Waals surface area contributed by atoms with Crippen LogP contribution < -0.4 is 10.6 Å². The number of rotatable bonds is 5. The van der Waals surface area contributed by atoms with Gasteiger partial charge in [0.2, 0.25) is 0 Å². The number of aromatic nitrogens is 2. The van der Waals surface area contributed by atoms with Gasteiger partial charge in [0, 0.05) is 37.3 Å². The summed E-state index contributed by atoms with van der Waals surface area (Å²) >= 11 is 0. The molecule has 0 aromatic carbocycles. The van der Waals surface area contributed by atoms with E-state index in [9.17, 15) is 0 Å². The predicted molar refractivity (Wildman–Crippen MR) is 119 cm³/mol. The highest BCUT2D eigenvalue weighted by Gasteiger charge is 2.24. The Morgan fingerprint density at radius 3 is 2.85 bits per heavy atom. The fourth-order valence-corrected chi connectivity index (χ4v) is 3.82. The van der Waals surface area contributed by atoms with E-state index in [1.54, 1.807) is 0 Å². The van der Waals surface area contributed by atoms with Crippen LogP contribution in [0.3, 0.4) is 0 Å². The summed E-state index contributed by atoms with van der Waals surface area (Å²) in [4.78, 5) is 7.29. The molecule has 2 heterocycles. The molecule has 2 aliphatic rings. The van der Waals surface area contributed by atoms with E-state index in [0.717, 1.165) is 38.3 Å². The van der Waals surface area contributed by atoms with Crippen molar-refractivity contribution in [3.63, 3.8) is 0 Å². The van der Waals surface area contributed by atoms with Crippen molar-refractivity contribution in [1.82, 2.24) is 25.3 Å². The first-order valence-electron chi connectivity index (χ1n) is 9.88. The number of halogens is 1. The largest absolute Gasteiger partial charge is 0.357 e. The lowest BCUT2D eigenvalue weighted by Gasteiger charge is -2.25. The molecule has 1 aromatic rings. The highest BCUT2D eigenvalue weighted by molar-refractivity contribution is 14.0. The van der Waals surface area contributed by atoms with Crippen molar-refractivity contribution >= 4 is 29.9 Å². The van der Waals surface area contributed by atoms with Crippen LogP contribution in [0.15, 0.2) is 11.2 Å². The van der Waals surface area contributed by atoms with Gasteiger partial charge in [-0.2, -0.15) is 5.10 Å². The maximum atomic E-state index is 4.86. The van der Waals surface area contributed by atoms with Gasteiger partial charge in [-0.25, -0.2) is 0 Å². The number of nitrogens with one attached hydrogen (secondary N) is 2. The molecule has 3 rings (SSSR count). The highest BCUT2D eigenvalue weighted by atomic mass is 127. The average molecular weight is 474 g/mol. The maximum absolute atomic E-state index is 4.86. The van der Waals surface area contributed by atoms with Crippen LogP contribution in [0.5, 0.6) is 0 Å². The minimum absolute atomic E-state index is 0. The van der Waals surface area contributed by atoms with Gasteiger partial charge in [-0.1, -0.05) is 0 Å². The third kappa shape index (κ3) is 5.34. The van der Waals surface area contributed by atoms with Gasteiger partial charge >= 0.3 is 0 Å². The number of nitrogens with zero attached hydrogens (tertiary/aromatic N) is 4. The van der Waals surface area contributed by atoms with Crippen LogP contribution in [0.25, 0.3) is 0 Å². The molecule has 0 amide bonds. The van der Waals surface area contributed by atoms with Crippen molar-refractivity contribution in [2.24, 2.45) is 4.99 Å². The molecule has 148 valence electrons. The normalized spacial score (nSPS) is 23.7. The van der Waals surface area contributed by atoms with Crippen LogP contribution in [0.4, 0.5) is 0 Å². The summed E-state index contributed by atoms with van der Waals surface area (Å²) in [6.07, 6.45) is 8.02. The van der Waals surface area contributed by atoms with E-state index < -0.39 is 0 Å². The molecule has 6 nitrogen and oxygen atoms in total. The Hall–Kier alpha value is -0.830. The molecule has 0 saturated carbocycles. The minimum Gasteiger partial charge on any atom is -0.357 e. The number of likely N-dealkylation sites (tertiary alicyclic amines) is 1. The predicted octanol–water partition coefficient (Wildman–Crippen LogP) is 2.59. The second kappa shape index (κ2) is 9.92. The zero-order valence-corrected chi connectivity index (χ0v) is 19.0. The van der Waals surface area contributed by atoms with E-state index in [1.165, 1.54) is 30.6 Å². The van der Waals surface area contributed by atoms with Crippen molar-refractivity contribution in [1.29, 1.82) is 0 Å². The number of hydrogen-bond acceptors (Lipinski definition) is 3. The van der Waals surface area contributed by atoms with Crippen molar-refractivity contribution in [3.8, 4) is 0 Å². The first-order valence-corrected chi connectivity index (χ1v) is 9.88. The van der Waals surface area contributed by atoms with Crippen LogP contribution >= 0.6 is 24.0 Å². The first kappa shape index (κ1) is 21.5. The molecule has 0 spiro atoms. The fraction of sp³-hybridized carbons (Fsp3) is 0.789. The summed E-state index contributed by atoms with van der Waals surface area (Å²) in [7, 11) is 2.21. The number of likely N-dealkylation sites (N-methyl/N-ethyl adjacent to an activating group) is 1. The van der Waals surface area contributed by atoms with E-state index >= 15 is 0 Å². The monoisotopic (exact) mass is 474 g/mol. The van der Waals surface area contributed by atoms with Gasteiger partial charge in [0.05, 0.1) is 12.2 Å². The summed E-state index contributed by atoms with van der Waals surface area (Å²) in [6, 6.07) is 1.44. The Bertz CT molecular complexity index is 597. The molecular formula is C19H35IN6. The number of fused-ring (bicyclic) bond motifs is 1. The van der Waals surface area contributed by atoms with Crippen LogP contribution in [0.1, 0.15) is 57.3 Å². The Kier molecular flexibility index (Phi) is 8.19. The lowest BCUT2D eigenvalue weighted by molar-refractivity contribution is 0.317. The van der Waals surface area contributed by atoms with Gasteiger partial charge in [-0.05, 0) is 65.6 Å². The second-order valence-corrected chi connectivity index (χ2v) is 7.76. The van der Waals surface area contributed by atoms with E-state index in [1.807, 2.05) is 0 Å². The van der Waals surface area contributed by atoms with Gasteiger partial charge in [0.25, 0.3) is 0 Å². The van der Waals surface area contributed by atoms with Crippen molar-refractivity contribution in [2.45, 2.75) is 71.0 Å². The first-order chi connectivity index (χ1) is 12.1. The molecule has 26 heavy (non-hydrogen) atoms. The molecule has 0 radical (unpaired) electrons. The van der Waals surface area contributed by atoms with E-state index in [2.05, 4.69) is 54.2 Å². The zero-order chi connectivity index (χ0) is 17.8. The molecule has 2 atom stereocenters. The Balaban J connectivity index is 0.00000243. The molecule has 2 N–H and O–H groups in total. The smallest absolute Gasteiger partial charge is 0.191 e. The van der Waals surface area contributed by atoms with Gasteiger partial charge in [0.1, 0.15) is 0 Å². The summed E-state index contributed by atoms with van der Waals surface area (Å²) in [6.45, 7) is 9.47. The molecule has 1 aromatic heterocycles. The minimum atomic E-state index is 0. The molecule has 1 aliphatic carbocycles. The van der Waals surface area contributed by atoms with Gasteiger partial charge < -0.3 is 15.5 Å². The third-order valence-corrected chi connectivity index (χ3v) is 5.44. The van der Waals surface area contributed by atoms with Crippen molar-refractivity contribution in [3.05, 3.63) is 17.5 Å². The molecule has 1 fully saturated rings. The molecule has 2 unspecified atom stereocenters. The second-order valence-electron chi connectivity index (χ2n) is 7.76. The molecule has 1 saturated heterocycles. The SMILES string of the molecule is CCNC(=NCC1CCCN1C)NC1CCc2cn(C(C)C)nc2C1.I. The third-order valence-electron chi connectivity index (χ3n) is 5.44. The molecule has 1 aliphatic heterocycles.